The van der Waals surface area contributed by atoms with E-state index in [1.807, 2.05) is 55.5 Å². The van der Waals surface area contributed by atoms with Crippen molar-refractivity contribution in [3.8, 4) is 17.3 Å². The molecule has 0 N–H and O–H groups in total. The molecule has 2 aromatic carbocycles. The number of benzene rings is 2. The van der Waals surface area contributed by atoms with Crippen molar-refractivity contribution in [2.45, 2.75) is 6.92 Å². The summed E-state index contributed by atoms with van der Waals surface area (Å²) < 4.78 is 5.38. The largest absolute Gasteiger partial charge is 0.422 e. The quantitative estimate of drug-likeness (QED) is 0.363. The number of nitriles is 1. The Hall–Kier alpha value is -3.49. The molecule has 0 atom stereocenters. The second-order valence-corrected chi connectivity index (χ2v) is 6.91. The van der Waals surface area contributed by atoms with Crippen molar-refractivity contribution in [2.24, 2.45) is 0 Å². The lowest BCUT2D eigenvalue weighted by molar-refractivity contribution is 0.563. The summed E-state index contributed by atoms with van der Waals surface area (Å²) in [5, 5.41) is 12.8. The summed E-state index contributed by atoms with van der Waals surface area (Å²) in [6, 6.07) is 19.2. The minimum absolute atomic E-state index is 0.393. The molecule has 4 nitrogen and oxygen atoms in total. The van der Waals surface area contributed by atoms with Gasteiger partial charge in [-0.25, -0.2) is 9.78 Å². The zero-order chi connectivity index (χ0) is 18.8. The number of thiazole rings is 1. The predicted octanol–water partition coefficient (Wildman–Crippen LogP) is 5.29. The van der Waals surface area contributed by atoms with Gasteiger partial charge in [-0.3, -0.25) is 0 Å². The van der Waals surface area contributed by atoms with E-state index in [0.717, 1.165) is 16.5 Å². The van der Waals surface area contributed by atoms with Gasteiger partial charge in [0.25, 0.3) is 0 Å². The van der Waals surface area contributed by atoms with Crippen LogP contribution in [-0.4, -0.2) is 4.98 Å². The summed E-state index contributed by atoms with van der Waals surface area (Å²) in [4.78, 5) is 16.8. The van der Waals surface area contributed by atoms with Gasteiger partial charge in [-0.2, -0.15) is 5.26 Å². The molecule has 4 aromatic rings. The first-order valence-corrected chi connectivity index (χ1v) is 9.20. The van der Waals surface area contributed by atoms with Crippen LogP contribution >= 0.6 is 11.3 Å². The van der Waals surface area contributed by atoms with Gasteiger partial charge >= 0.3 is 5.63 Å². The fraction of sp³-hybridized carbons (Fsp3) is 0.0455. The summed E-state index contributed by atoms with van der Waals surface area (Å²) in [6.45, 7) is 1.99. The summed E-state index contributed by atoms with van der Waals surface area (Å²) in [5.74, 6) is 0. The van der Waals surface area contributed by atoms with E-state index >= 15 is 0 Å². The second kappa shape index (κ2) is 7.02. The van der Waals surface area contributed by atoms with Crippen LogP contribution in [0.2, 0.25) is 0 Å². The normalized spacial score (nSPS) is 11.5. The van der Waals surface area contributed by atoms with Crippen LogP contribution in [0.15, 0.2) is 69.2 Å². The predicted molar refractivity (Wildman–Crippen MR) is 108 cm³/mol. The number of hydrogen-bond donors (Lipinski definition) is 0. The van der Waals surface area contributed by atoms with E-state index in [1.165, 1.54) is 11.3 Å². The smallest absolute Gasteiger partial charge is 0.345 e. The van der Waals surface area contributed by atoms with Crippen molar-refractivity contribution in [1.82, 2.24) is 4.98 Å². The van der Waals surface area contributed by atoms with E-state index in [1.54, 1.807) is 17.5 Å². The third-order valence-electron chi connectivity index (χ3n) is 4.26. The molecule has 0 spiro atoms. The SMILES string of the molecule is Cc1ccccc1/C=C(/C#N)c1nc(-c2cc3ccccc3oc2=O)cs1. The van der Waals surface area contributed by atoms with E-state index in [2.05, 4.69) is 11.1 Å². The lowest BCUT2D eigenvalue weighted by Gasteiger charge is -2.00. The number of allylic oxidation sites excluding steroid dienone is 1. The molecular weight excluding hydrogens is 356 g/mol. The van der Waals surface area contributed by atoms with E-state index in [-0.39, 0.29) is 0 Å². The fourth-order valence-corrected chi connectivity index (χ4v) is 3.59. The van der Waals surface area contributed by atoms with Crippen molar-refractivity contribution in [3.05, 3.63) is 86.5 Å². The Balaban J connectivity index is 1.77. The number of para-hydroxylation sites is 1. The maximum Gasteiger partial charge on any atom is 0.345 e. The zero-order valence-corrected chi connectivity index (χ0v) is 15.3. The number of nitrogens with zero attached hydrogens (tertiary/aromatic N) is 2. The third-order valence-corrected chi connectivity index (χ3v) is 5.14. The number of rotatable bonds is 3. The molecule has 0 saturated carbocycles. The third kappa shape index (κ3) is 3.31. The topological polar surface area (TPSA) is 66.9 Å². The molecule has 2 heterocycles. The van der Waals surface area contributed by atoms with Gasteiger partial charge in [-0.15, -0.1) is 11.3 Å². The minimum atomic E-state index is -0.438. The summed E-state index contributed by atoms with van der Waals surface area (Å²) in [7, 11) is 0. The molecule has 0 amide bonds. The van der Waals surface area contributed by atoms with Crippen LogP contribution in [-0.2, 0) is 0 Å². The molecule has 0 fully saturated rings. The average molecular weight is 370 g/mol. The van der Waals surface area contributed by atoms with Gasteiger partial charge in [0.05, 0.1) is 16.8 Å². The average Bonchev–Trinajstić information content (AvgIpc) is 3.16. The molecule has 5 heteroatoms. The molecule has 4 rings (SSSR count). The van der Waals surface area contributed by atoms with Crippen LogP contribution in [0.25, 0.3) is 33.9 Å². The highest BCUT2D eigenvalue weighted by Crippen LogP contribution is 2.27. The highest BCUT2D eigenvalue weighted by Gasteiger charge is 2.14. The Morgan fingerprint density at radius 2 is 1.96 bits per heavy atom. The Bertz CT molecular complexity index is 1280. The lowest BCUT2D eigenvalue weighted by atomic mass is 10.1. The van der Waals surface area contributed by atoms with Gasteiger partial charge in [0, 0.05) is 10.8 Å². The standard InChI is InChI=1S/C22H14N2O2S/c1-14-6-2-3-7-15(14)10-17(12-23)21-24-19(13-27-21)18-11-16-8-4-5-9-20(16)26-22(18)25/h2-11,13H,1H3/b17-10-. The molecule has 0 saturated heterocycles. The first kappa shape index (κ1) is 17.0. The van der Waals surface area contributed by atoms with Gasteiger partial charge in [-0.05, 0) is 36.3 Å². The van der Waals surface area contributed by atoms with Crippen molar-refractivity contribution >= 4 is 34.0 Å². The van der Waals surface area contributed by atoms with Gasteiger partial charge < -0.3 is 4.42 Å². The molecule has 0 unspecified atom stereocenters. The number of aryl methyl sites for hydroxylation is 1. The lowest BCUT2D eigenvalue weighted by Crippen LogP contribution is -2.02. The Kier molecular flexibility index (Phi) is 4.41. The number of fused-ring (bicyclic) bond motifs is 1. The number of hydrogen-bond acceptors (Lipinski definition) is 5. The first-order valence-electron chi connectivity index (χ1n) is 8.32. The summed E-state index contributed by atoms with van der Waals surface area (Å²) in [5.41, 5.74) is 3.52. The van der Waals surface area contributed by atoms with Gasteiger partial charge in [0.2, 0.25) is 0 Å². The molecule has 0 bridgehead atoms. The summed E-state index contributed by atoms with van der Waals surface area (Å²) >= 11 is 1.33. The molecule has 2 aromatic heterocycles. The molecule has 0 aliphatic carbocycles. The Morgan fingerprint density at radius 1 is 1.19 bits per heavy atom. The van der Waals surface area contributed by atoms with Crippen molar-refractivity contribution in [2.75, 3.05) is 0 Å². The molecule has 0 aliphatic rings. The second-order valence-electron chi connectivity index (χ2n) is 6.05. The van der Waals surface area contributed by atoms with Crippen LogP contribution in [0.3, 0.4) is 0 Å². The Morgan fingerprint density at radius 3 is 2.78 bits per heavy atom. The van der Waals surface area contributed by atoms with Crippen LogP contribution in [0.4, 0.5) is 0 Å². The first-order chi connectivity index (χ1) is 13.2. The zero-order valence-electron chi connectivity index (χ0n) is 14.5. The molecule has 27 heavy (non-hydrogen) atoms. The summed E-state index contributed by atoms with van der Waals surface area (Å²) in [6.07, 6.45) is 1.82. The molecule has 130 valence electrons. The molecular formula is C22H14N2O2S. The Labute approximate surface area is 159 Å². The monoisotopic (exact) mass is 370 g/mol. The van der Waals surface area contributed by atoms with Crippen LogP contribution < -0.4 is 5.63 Å². The van der Waals surface area contributed by atoms with Crippen molar-refractivity contribution in [3.63, 3.8) is 0 Å². The van der Waals surface area contributed by atoms with Crippen LogP contribution in [0.1, 0.15) is 16.1 Å². The highest BCUT2D eigenvalue weighted by atomic mass is 32.1. The number of aromatic nitrogens is 1. The molecule has 0 radical (unpaired) electrons. The van der Waals surface area contributed by atoms with Crippen LogP contribution in [0, 0.1) is 18.3 Å². The minimum Gasteiger partial charge on any atom is -0.422 e. The van der Waals surface area contributed by atoms with E-state index < -0.39 is 5.63 Å². The fourth-order valence-electron chi connectivity index (χ4n) is 2.81. The maximum atomic E-state index is 12.3. The van der Waals surface area contributed by atoms with E-state index in [9.17, 15) is 10.1 Å². The van der Waals surface area contributed by atoms with Crippen molar-refractivity contribution < 1.29 is 4.42 Å². The van der Waals surface area contributed by atoms with Gasteiger partial charge in [-0.1, -0.05) is 42.5 Å². The van der Waals surface area contributed by atoms with Gasteiger partial charge in [0.1, 0.15) is 16.7 Å². The molecule has 0 aliphatic heterocycles. The van der Waals surface area contributed by atoms with E-state index in [0.29, 0.717) is 27.4 Å². The van der Waals surface area contributed by atoms with Gasteiger partial charge in [0.15, 0.2) is 0 Å². The van der Waals surface area contributed by atoms with E-state index in [4.69, 9.17) is 4.42 Å². The van der Waals surface area contributed by atoms with Crippen molar-refractivity contribution in [1.29, 1.82) is 5.26 Å². The van der Waals surface area contributed by atoms with Crippen LogP contribution in [0.5, 0.6) is 0 Å². The highest BCUT2D eigenvalue weighted by molar-refractivity contribution is 7.11. The maximum absolute atomic E-state index is 12.3.